The Labute approximate surface area is 134 Å². The zero-order valence-electron chi connectivity index (χ0n) is 12.5. The molecule has 0 N–H and O–H groups in total. The maximum absolute atomic E-state index is 12.5. The van der Waals surface area contributed by atoms with Gasteiger partial charge in [0.2, 0.25) is 5.82 Å². The van der Waals surface area contributed by atoms with Gasteiger partial charge in [0, 0.05) is 12.7 Å². The van der Waals surface area contributed by atoms with Gasteiger partial charge in [-0.05, 0) is 5.56 Å². The Hall–Kier alpha value is -2.75. The van der Waals surface area contributed by atoms with Crippen LogP contribution in [0.1, 0.15) is 17.1 Å². The standard InChI is InChI=1S/C14H12F3N5O2/c1-23-8-11-6-18-21-22(11)7-9-2-4-10(5-3-9)12-19-13(24-20-12)14(15,16)17/h2-6H,7-8H2,1H3. The Morgan fingerprint density at radius 1 is 1.21 bits per heavy atom. The number of alkyl halides is 3. The molecule has 7 nitrogen and oxygen atoms in total. The molecule has 0 saturated heterocycles. The number of rotatable bonds is 5. The number of aromatic nitrogens is 5. The minimum atomic E-state index is -4.66. The molecule has 0 aliphatic carbocycles. The smallest absolute Gasteiger partial charge is 0.378 e. The van der Waals surface area contributed by atoms with Crippen LogP contribution in [0.15, 0.2) is 35.0 Å². The predicted molar refractivity (Wildman–Crippen MR) is 74.6 cm³/mol. The molecule has 0 aliphatic heterocycles. The van der Waals surface area contributed by atoms with Gasteiger partial charge in [-0.15, -0.1) is 5.10 Å². The molecule has 0 unspecified atom stereocenters. The molecule has 2 aromatic heterocycles. The van der Waals surface area contributed by atoms with Gasteiger partial charge >= 0.3 is 12.1 Å². The van der Waals surface area contributed by atoms with Crippen molar-refractivity contribution in [2.45, 2.75) is 19.3 Å². The van der Waals surface area contributed by atoms with Gasteiger partial charge in [0.1, 0.15) is 0 Å². The lowest BCUT2D eigenvalue weighted by Gasteiger charge is -2.06. The Kier molecular flexibility index (Phi) is 4.30. The van der Waals surface area contributed by atoms with Gasteiger partial charge in [0.25, 0.3) is 0 Å². The highest BCUT2D eigenvalue weighted by molar-refractivity contribution is 5.54. The van der Waals surface area contributed by atoms with Crippen LogP contribution in [0.3, 0.4) is 0 Å². The van der Waals surface area contributed by atoms with E-state index in [0.717, 1.165) is 11.3 Å². The summed E-state index contributed by atoms with van der Waals surface area (Å²) in [7, 11) is 1.58. The van der Waals surface area contributed by atoms with Gasteiger partial charge in [-0.25, -0.2) is 4.68 Å². The van der Waals surface area contributed by atoms with E-state index < -0.39 is 12.1 Å². The van der Waals surface area contributed by atoms with Crippen LogP contribution in [0.4, 0.5) is 13.2 Å². The van der Waals surface area contributed by atoms with E-state index in [1.165, 1.54) is 0 Å². The number of methoxy groups -OCH3 is 1. The number of hydrogen-bond acceptors (Lipinski definition) is 6. The number of nitrogens with zero attached hydrogens (tertiary/aromatic N) is 5. The molecule has 24 heavy (non-hydrogen) atoms. The summed E-state index contributed by atoms with van der Waals surface area (Å²) < 4.78 is 48.4. The van der Waals surface area contributed by atoms with E-state index in [9.17, 15) is 13.2 Å². The van der Waals surface area contributed by atoms with E-state index in [0.29, 0.717) is 18.7 Å². The predicted octanol–water partition coefficient (Wildman–Crippen LogP) is 2.54. The summed E-state index contributed by atoms with van der Waals surface area (Å²) in [5, 5.41) is 11.1. The maximum Gasteiger partial charge on any atom is 0.471 e. The molecular weight excluding hydrogens is 327 g/mol. The first-order valence-corrected chi connectivity index (χ1v) is 6.84. The fraction of sp³-hybridized carbons (Fsp3) is 0.286. The molecule has 3 aromatic rings. The lowest BCUT2D eigenvalue weighted by molar-refractivity contribution is -0.159. The third kappa shape index (κ3) is 3.43. The molecule has 0 saturated carbocycles. The van der Waals surface area contributed by atoms with Crippen LogP contribution in [0.2, 0.25) is 0 Å². The van der Waals surface area contributed by atoms with Crippen LogP contribution in [0.25, 0.3) is 11.4 Å². The van der Waals surface area contributed by atoms with Gasteiger partial charge in [-0.1, -0.05) is 34.6 Å². The minimum Gasteiger partial charge on any atom is -0.378 e. The zero-order chi connectivity index (χ0) is 17.2. The van der Waals surface area contributed by atoms with Crippen molar-refractivity contribution in [2.75, 3.05) is 7.11 Å². The van der Waals surface area contributed by atoms with Gasteiger partial charge in [0.05, 0.1) is 25.0 Å². The fourth-order valence-electron chi connectivity index (χ4n) is 2.06. The van der Waals surface area contributed by atoms with Gasteiger partial charge in [-0.3, -0.25) is 0 Å². The summed E-state index contributed by atoms with van der Waals surface area (Å²) in [6.07, 6.45) is -3.05. The molecule has 0 amide bonds. The van der Waals surface area contributed by atoms with E-state index >= 15 is 0 Å². The van der Waals surface area contributed by atoms with E-state index in [2.05, 4.69) is 25.0 Å². The van der Waals surface area contributed by atoms with Crippen molar-refractivity contribution < 1.29 is 22.4 Å². The van der Waals surface area contributed by atoms with Crippen molar-refractivity contribution >= 4 is 0 Å². The lowest BCUT2D eigenvalue weighted by Crippen LogP contribution is -2.07. The van der Waals surface area contributed by atoms with Crippen molar-refractivity contribution in [3.63, 3.8) is 0 Å². The van der Waals surface area contributed by atoms with E-state index in [4.69, 9.17) is 4.74 Å². The van der Waals surface area contributed by atoms with Crippen LogP contribution in [0.5, 0.6) is 0 Å². The lowest BCUT2D eigenvalue weighted by atomic mass is 10.1. The molecule has 2 heterocycles. The maximum atomic E-state index is 12.5. The molecular formula is C14H12F3N5O2. The van der Waals surface area contributed by atoms with Crippen molar-refractivity contribution in [1.82, 2.24) is 25.1 Å². The highest BCUT2D eigenvalue weighted by atomic mass is 19.4. The molecule has 3 rings (SSSR count). The third-order valence-corrected chi connectivity index (χ3v) is 3.20. The van der Waals surface area contributed by atoms with Crippen LogP contribution in [0, 0.1) is 0 Å². The van der Waals surface area contributed by atoms with Crippen molar-refractivity contribution in [2.24, 2.45) is 0 Å². The van der Waals surface area contributed by atoms with E-state index in [-0.39, 0.29) is 5.82 Å². The topological polar surface area (TPSA) is 78.9 Å². The second kappa shape index (κ2) is 6.40. The average molecular weight is 339 g/mol. The highest BCUT2D eigenvalue weighted by Gasteiger charge is 2.38. The van der Waals surface area contributed by atoms with Crippen molar-refractivity contribution in [1.29, 1.82) is 0 Å². The van der Waals surface area contributed by atoms with Gasteiger partial charge in [-0.2, -0.15) is 18.2 Å². The van der Waals surface area contributed by atoms with Crippen LogP contribution >= 0.6 is 0 Å². The Balaban J connectivity index is 1.76. The van der Waals surface area contributed by atoms with E-state index in [1.807, 2.05) is 0 Å². The van der Waals surface area contributed by atoms with Crippen LogP contribution < -0.4 is 0 Å². The summed E-state index contributed by atoms with van der Waals surface area (Å²) in [5.74, 6) is -1.48. The Morgan fingerprint density at radius 3 is 2.58 bits per heavy atom. The first-order valence-electron chi connectivity index (χ1n) is 6.84. The third-order valence-electron chi connectivity index (χ3n) is 3.20. The van der Waals surface area contributed by atoms with Crippen molar-refractivity contribution in [3.8, 4) is 11.4 Å². The largest absolute Gasteiger partial charge is 0.471 e. The SMILES string of the molecule is COCc1cnnn1Cc1ccc(-c2noc(C(F)(F)F)n2)cc1. The summed E-state index contributed by atoms with van der Waals surface area (Å²) >= 11 is 0. The molecule has 126 valence electrons. The van der Waals surface area contributed by atoms with Crippen molar-refractivity contribution in [3.05, 3.63) is 47.6 Å². The summed E-state index contributed by atoms with van der Waals surface area (Å²) in [6, 6.07) is 6.73. The number of benzene rings is 1. The number of ether oxygens (including phenoxy) is 1. The zero-order valence-corrected chi connectivity index (χ0v) is 12.5. The molecule has 0 atom stereocenters. The minimum absolute atomic E-state index is 0.116. The summed E-state index contributed by atoms with van der Waals surface area (Å²) in [5.41, 5.74) is 2.13. The van der Waals surface area contributed by atoms with Gasteiger partial charge in [0.15, 0.2) is 0 Å². The number of halogens is 3. The first-order chi connectivity index (χ1) is 11.5. The molecule has 0 fully saturated rings. The van der Waals surface area contributed by atoms with Gasteiger partial charge < -0.3 is 9.26 Å². The molecule has 0 aliphatic rings. The molecule has 1 aromatic carbocycles. The Morgan fingerprint density at radius 2 is 1.96 bits per heavy atom. The summed E-state index contributed by atoms with van der Waals surface area (Å²) in [6.45, 7) is 0.840. The molecule has 0 spiro atoms. The quantitative estimate of drug-likeness (QED) is 0.711. The fourth-order valence-corrected chi connectivity index (χ4v) is 2.06. The van der Waals surface area contributed by atoms with Crippen LogP contribution in [-0.4, -0.2) is 32.2 Å². The second-order valence-electron chi connectivity index (χ2n) is 4.93. The second-order valence-corrected chi connectivity index (χ2v) is 4.93. The average Bonchev–Trinajstić information content (AvgIpc) is 3.18. The van der Waals surface area contributed by atoms with E-state index in [1.54, 1.807) is 42.3 Å². The van der Waals surface area contributed by atoms with Crippen LogP contribution in [-0.2, 0) is 24.1 Å². The molecule has 10 heteroatoms. The molecule has 0 radical (unpaired) electrons. The highest BCUT2D eigenvalue weighted by Crippen LogP contribution is 2.29. The number of hydrogen-bond donors (Lipinski definition) is 0. The molecule has 0 bridgehead atoms. The summed E-state index contributed by atoms with van der Waals surface area (Å²) in [4.78, 5) is 3.35. The normalized spacial score (nSPS) is 11.8. The monoisotopic (exact) mass is 339 g/mol. The first kappa shape index (κ1) is 16.1. The Bertz CT molecular complexity index is 810.